The topological polar surface area (TPSA) is 56.5 Å². The zero-order valence-corrected chi connectivity index (χ0v) is 11.7. The Hall–Kier alpha value is -1.84. The van der Waals surface area contributed by atoms with Gasteiger partial charge in [-0.05, 0) is 25.7 Å². The van der Waals surface area contributed by atoms with Gasteiger partial charge in [0.2, 0.25) is 0 Å². The summed E-state index contributed by atoms with van der Waals surface area (Å²) in [7, 11) is 3.23. The second kappa shape index (κ2) is 6.36. The Balaban J connectivity index is 1.99. The number of methoxy groups -OCH3 is 2. The summed E-state index contributed by atoms with van der Waals surface area (Å²) < 4.78 is 10.5. The van der Waals surface area contributed by atoms with Gasteiger partial charge in [-0.3, -0.25) is 0 Å². The first-order chi connectivity index (χ1) is 9.24. The molecule has 0 saturated carbocycles. The lowest BCUT2D eigenvalue weighted by atomic mass is 10.1. The highest BCUT2D eigenvalue weighted by Crippen LogP contribution is 2.34. The lowest BCUT2D eigenvalue weighted by Gasteiger charge is -2.14. The van der Waals surface area contributed by atoms with Crippen molar-refractivity contribution in [2.24, 2.45) is 0 Å². The molecule has 3 N–H and O–H groups in total. The second-order valence-electron chi connectivity index (χ2n) is 4.73. The van der Waals surface area contributed by atoms with Gasteiger partial charge in [0.25, 0.3) is 0 Å². The number of allylic oxidation sites excluding steroid dienone is 1. The summed E-state index contributed by atoms with van der Waals surface area (Å²) in [6.07, 6.45) is 7.19. The molecule has 0 amide bonds. The molecule has 0 spiro atoms. The van der Waals surface area contributed by atoms with Crippen LogP contribution < -0.4 is 20.5 Å². The molecule has 0 radical (unpaired) electrons. The maximum atomic E-state index is 6.00. The normalized spacial score (nSPS) is 14.1. The summed E-state index contributed by atoms with van der Waals surface area (Å²) >= 11 is 0. The van der Waals surface area contributed by atoms with E-state index in [-0.39, 0.29) is 0 Å². The highest BCUT2D eigenvalue weighted by Gasteiger charge is 2.09. The van der Waals surface area contributed by atoms with E-state index < -0.39 is 0 Å². The zero-order chi connectivity index (χ0) is 13.7. The van der Waals surface area contributed by atoms with Crippen LogP contribution in [0.4, 0.5) is 11.4 Å². The fourth-order valence-electron chi connectivity index (χ4n) is 2.37. The van der Waals surface area contributed by atoms with Gasteiger partial charge in [0.15, 0.2) is 11.5 Å². The lowest BCUT2D eigenvalue weighted by molar-refractivity contribution is 0.355. The highest BCUT2D eigenvalue weighted by atomic mass is 16.5. The smallest absolute Gasteiger partial charge is 0.162 e. The predicted molar refractivity (Wildman–Crippen MR) is 79.0 cm³/mol. The number of benzene rings is 1. The standard InChI is InChI=1S/C15H22N2O2/c1-18-14-9-12(16)13(10-15(14)19-2)17-8-7-11-5-3-4-6-11/h5,9-10,17H,3-4,6-8,16H2,1-2H3. The quantitative estimate of drug-likeness (QED) is 0.610. The number of hydrogen-bond donors (Lipinski definition) is 2. The molecule has 4 nitrogen and oxygen atoms in total. The van der Waals surface area contributed by atoms with Crippen LogP contribution in [-0.4, -0.2) is 20.8 Å². The largest absolute Gasteiger partial charge is 0.493 e. The molecular formula is C15H22N2O2. The van der Waals surface area contributed by atoms with Crippen LogP contribution in [0, 0.1) is 0 Å². The average Bonchev–Trinajstić information content (AvgIpc) is 2.93. The van der Waals surface area contributed by atoms with Crippen LogP contribution >= 0.6 is 0 Å². The van der Waals surface area contributed by atoms with Crippen molar-refractivity contribution in [2.45, 2.75) is 25.7 Å². The van der Waals surface area contributed by atoms with E-state index in [1.54, 1.807) is 25.9 Å². The van der Waals surface area contributed by atoms with Gasteiger partial charge in [-0.2, -0.15) is 0 Å². The zero-order valence-electron chi connectivity index (χ0n) is 11.7. The number of nitrogens with one attached hydrogen (secondary N) is 1. The summed E-state index contributed by atoms with van der Waals surface area (Å²) in [6.45, 7) is 0.894. The van der Waals surface area contributed by atoms with Gasteiger partial charge in [0, 0.05) is 18.7 Å². The van der Waals surface area contributed by atoms with Crippen LogP contribution in [0.25, 0.3) is 0 Å². The molecule has 0 aromatic heterocycles. The van der Waals surface area contributed by atoms with Gasteiger partial charge in [0.1, 0.15) is 0 Å². The minimum absolute atomic E-state index is 0.657. The fourth-order valence-corrected chi connectivity index (χ4v) is 2.37. The Kier molecular flexibility index (Phi) is 4.55. The molecule has 4 heteroatoms. The number of hydrogen-bond acceptors (Lipinski definition) is 4. The molecule has 0 heterocycles. The molecule has 1 aromatic carbocycles. The van der Waals surface area contributed by atoms with Crippen molar-refractivity contribution in [1.29, 1.82) is 0 Å². The molecule has 0 unspecified atom stereocenters. The van der Waals surface area contributed by atoms with E-state index in [9.17, 15) is 0 Å². The third-order valence-electron chi connectivity index (χ3n) is 3.45. The molecule has 104 valence electrons. The number of nitrogen functional groups attached to an aromatic ring is 1. The van der Waals surface area contributed by atoms with Crippen molar-refractivity contribution >= 4 is 11.4 Å². The molecule has 1 aliphatic rings. The highest BCUT2D eigenvalue weighted by molar-refractivity contribution is 5.72. The van der Waals surface area contributed by atoms with Crippen LogP contribution in [-0.2, 0) is 0 Å². The Morgan fingerprint density at radius 3 is 2.58 bits per heavy atom. The van der Waals surface area contributed by atoms with Gasteiger partial charge in [-0.15, -0.1) is 0 Å². The number of rotatable bonds is 6. The van der Waals surface area contributed by atoms with Gasteiger partial charge < -0.3 is 20.5 Å². The SMILES string of the molecule is COc1cc(N)c(NCCC2=CCCC2)cc1OC. The van der Waals surface area contributed by atoms with Crippen LogP contribution in [0.15, 0.2) is 23.8 Å². The monoisotopic (exact) mass is 262 g/mol. The Labute approximate surface area is 114 Å². The molecular weight excluding hydrogens is 240 g/mol. The third-order valence-corrected chi connectivity index (χ3v) is 3.45. The third kappa shape index (κ3) is 3.34. The van der Waals surface area contributed by atoms with Crippen molar-refractivity contribution < 1.29 is 9.47 Å². The van der Waals surface area contributed by atoms with Crippen LogP contribution in [0.1, 0.15) is 25.7 Å². The fraction of sp³-hybridized carbons (Fsp3) is 0.467. The predicted octanol–water partition coefficient (Wildman–Crippen LogP) is 3.20. The minimum Gasteiger partial charge on any atom is -0.493 e. The summed E-state index contributed by atoms with van der Waals surface area (Å²) in [5.41, 5.74) is 9.13. The van der Waals surface area contributed by atoms with E-state index in [0.717, 1.165) is 18.7 Å². The van der Waals surface area contributed by atoms with Gasteiger partial charge in [-0.1, -0.05) is 11.6 Å². The van der Waals surface area contributed by atoms with Gasteiger partial charge in [-0.25, -0.2) is 0 Å². The summed E-state index contributed by atoms with van der Waals surface area (Å²) in [5.74, 6) is 1.35. The maximum absolute atomic E-state index is 6.00. The van der Waals surface area contributed by atoms with Crippen LogP contribution in [0.5, 0.6) is 11.5 Å². The molecule has 1 aromatic rings. The first-order valence-electron chi connectivity index (χ1n) is 6.68. The molecule has 0 atom stereocenters. The summed E-state index contributed by atoms with van der Waals surface area (Å²) in [4.78, 5) is 0. The second-order valence-corrected chi connectivity index (χ2v) is 4.73. The Bertz CT molecular complexity index is 469. The molecule has 0 fully saturated rings. The Morgan fingerprint density at radius 1 is 1.21 bits per heavy atom. The summed E-state index contributed by atoms with van der Waals surface area (Å²) in [5, 5.41) is 3.36. The van der Waals surface area contributed by atoms with E-state index in [4.69, 9.17) is 15.2 Å². The van der Waals surface area contributed by atoms with Crippen molar-refractivity contribution in [3.8, 4) is 11.5 Å². The van der Waals surface area contributed by atoms with Crippen molar-refractivity contribution in [3.63, 3.8) is 0 Å². The molecule has 1 aliphatic carbocycles. The molecule has 0 saturated heterocycles. The minimum atomic E-state index is 0.657. The number of anilines is 2. The maximum Gasteiger partial charge on any atom is 0.162 e. The molecule has 2 rings (SSSR count). The van der Waals surface area contributed by atoms with Crippen molar-refractivity contribution in [1.82, 2.24) is 0 Å². The van der Waals surface area contributed by atoms with Crippen LogP contribution in [0.3, 0.4) is 0 Å². The molecule has 0 aliphatic heterocycles. The van der Waals surface area contributed by atoms with Crippen molar-refractivity contribution in [3.05, 3.63) is 23.8 Å². The van der Waals surface area contributed by atoms with Gasteiger partial charge >= 0.3 is 0 Å². The van der Waals surface area contributed by atoms with Crippen LogP contribution in [0.2, 0.25) is 0 Å². The summed E-state index contributed by atoms with van der Waals surface area (Å²) in [6, 6.07) is 3.67. The van der Waals surface area contributed by atoms with E-state index in [2.05, 4.69) is 11.4 Å². The number of nitrogens with two attached hydrogens (primary N) is 1. The van der Waals surface area contributed by atoms with E-state index in [0.29, 0.717) is 17.2 Å². The number of ether oxygens (including phenoxy) is 2. The van der Waals surface area contributed by atoms with Crippen molar-refractivity contribution in [2.75, 3.05) is 31.8 Å². The van der Waals surface area contributed by atoms with Gasteiger partial charge in [0.05, 0.1) is 25.6 Å². The lowest BCUT2D eigenvalue weighted by Crippen LogP contribution is -2.05. The average molecular weight is 262 g/mol. The van der Waals surface area contributed by atoms with E-state index >= 15 is 0 Å². The van der Waals surface area contributed by atoms with E-state index in [1.165, 1.54) is 19.3 Å². The van der Waals surface area contributed by atoms with E-state index in [1.807, 2.05) is 6.07 Å². The molecule has 19 heavy (non-hydrogen) atoms. The first kappa shape index (κ1) is 13.6. The first-order valence-corrected chi connectivity index (χ1v) is 6.68. The Morgan fingerprint density at radius 2 is 1.95 bits per heavy atom. The molecule has 0 bridgehead atoms.